The highest BCUT2D eigenvalue weighted by Crippen LogP contribution is 2.20. The summed E-state index contributed by atoms with van der Waals surface area (Å²) in [5.74, 6) is 0.135. The Bertz CT molecular complexity index is 880. The van der Waals surface area contributed by atoms with Gasteiger partial charge in [-0.05, 0) is 24.3 Å². The standard InChI is InChI=1S/C19H21N5O4/c1-28-14-4-2-12(3-5-14)18(26)23-6-7-24-16(10-23)17(25)22-15(19(24)27)8-13-9-20-11-21-13/h2-5,9,11,15-16H,6-8,10H2,1H3,(H,20,21)(H,22,25)/t15-,16+/m0/s1. The molecule has 28 heavy (non-hydrogen) atoms. The monoisotopic (exact) mass is 383 g/mol. The largest absolute Gasteiger partial charge is 0.497 e. The predicted octanol–water partition coefficient (Wildman–Crippen LogP) is -0.188. The van der Waals surface area contributed by atoms with Crippen molar-refractivity contribution in [2.75, 3.05) is 26.7 Å². The molecule has 2 aromatic rings. The molecule has 146 valence electrons. The number of carbonyl (C=O) groups excluding carboxylic acids is 3. The van der Waals surface area contributed by atoms with Gasteiger partial charge < -0.3 is 24.8 Å². The SMILES string of the molecule is COc1ccc(C(=O)N2CCN3C(=O)[C@H](Cc4cnc[nH]4)NC(=O)[C@H]3C2)cc1. The molecule has 2 N–H and O–H groups in total. The van der Waals surface area contributed by atoms with E-state index in [1.165, 1.54) is 6.33 Å². The average molecular weight is 383 g/mol. The Morgan fingerprint density at radius 3 is 2.71 bits per heavy atom. The van der Waals surface area contributed by atoms with Crippen molar-refractivity contribution < 1.29 is 19.1 Å². The van der Waals surface area contributed by atoms with Crippen molar-refractivity contribution in [3.8, 4) is 5.75 Å². The number of methoxy groups -OCH3 is 1. The molecule has 2 aliphatic rings. The molecule has 0 aliphatic carbocycles. The third-order valence-corrected chi connectivity index (χ3v) is 5.18. The van der Waals surface area contributed by atoms with Gasteiger partial charge in [0.25, 0.3) is 5.91 Å². The highest BCUT2D eigenvalue weighted by Gasteiger charge is 2.44. The first kappa shape index (κ1) is 18.0. The number of aromatic amines is 1. The number of hydrogen-bond donors (Lipinski definition) is 2. The minimum atomic E-state index is -0.665. The molecular formula is C19H21N5O4. The van der Waals surface area contributed by atoms with Crippen molar-refractivity contribution in [1.29, 1.82) is 0 Å². The molecule has 0 radical (unpaired) electrons. The number of fused-ring (bicyclic) bond motifs is 1. The van der Waals surface area contributed by atoms with Crippen LogP contribution in [0.1, 0.15) is 16.1 Å². The molecular weight excluding hydrogens is 362 g/mol. The molecule has 1 aromatic carbocycles. The van der Waals surface area contributed by atoms with E-state index in [1.807, 2.05) is 0 Å². The van der Waals surface area contributed by atoms with Gasteiger partial charge in [0, 0.05) is 37.0 Å². The lowest BCUT2D eigenvalue weighted by molar-refractivity contribution is -0.152. The summed E-state index contributed by atoms with van der Waals surface area (Å²) in [6, 6.07) is 5.55. The lowest BCUT2D eigenvalue weighted by Gasteiger charge is -2.45. The van der Waals surface area contributed by atoms with Crippen molar-refractivity contribution in [2.24, 2.45) is 0 Å². The molecule has 1 aromatic heterocycles. The number of hydrogen-bond acceptors (Lipinski definition) is 5. The maximum Gasteiger partial charge on any atom is 0.254 e. The molecule has 3 amide bonds. The Balaban J connectivity index is 1.44. The molecule has 0 spiro atoms. The maximum atomic E-state index is 12.8. The van der Waals surface area contributed by atoms with Crippen molar-refractivity contribution in [3.05, 3.63) is 48.0 Å². The number of ether oxygens (including phenoxy) is 1. The number of rotatable bonds is 4. The van der Waals surface area contributed by atoms with Crippen LogP contribution in [-0.2, 0) is 16.0 Å². The molecule has 3 heterocycles. The number of nitrogens with one attached hydrogen (secondary N) is 2. The molecule has 9 heteroatoms. The van der Waals surface area contributed by atoms with Crippen LogP contribution in [-0.4, -0.2) is 76.3 Å². The van der Waals surface area contributed by atoms with Gasteiger partial charge in [-0.3, -0.25) is 14.4 Å². The lowest BCUT2D eigenvalue weighted by Crippen LogP contribution is -2.70. The number of piperazine rings is 2. The highest BCUT2D eigenvalue weighted by atomic mass is 16.5. The number of carbonyl (C=O) groups is 3. The van der Waals surface area contributed by atoms with Crippen molar-refractivity contribution in [2.45, 2.75) is 18.5 Å². The average Bonchev–Trinajstić information content (AvgIpc) is 3.24. The van der Waals surface area contributed by atoms with Crippen molar-refractivity contribution in [1.82, 2.24) is 25.1 Å². The molecule has 9 nitrogen and oxygen atoms in total. The van der Waals surface area contributed by atoms with E-state index in [0.29, 0.717) is 30.8 Å². The van der Waals surface area contributed by atoms with E-state index in [2.05, 4.69) is 15.3 Å². The third kappa shape index (κ3) is 3.30. The van der Waals surface area contributed by atoms with Crippen LogP contribution in [0, 0.1) is 0 Å². The first-order valence-corrected chi connectivity index (χ1v) is 9.08. The zero-order valence-corrected chi connectivity index (χ0v) is 15.4. The predicted molar refractivity (Wildman–Crippen MR) is 98.6 cm³/mol. The zero-order chi connectivity index (χ0) is 19.7. The second kappa shape index (κ2) is 7.34. The fourth-order valence-electron chi connectivity index (χ4n) is 3.66. The summed E-state index contributed by atoms with van der Waals surface area (Å²) in [4.78, 5) is 48.3. The molecule has 0 saturated carbocycles. The van der Waals surface area contributed by atoms with Gasteiger partial charge in [0.1, 0.15) is 17.8 Å². The lowest BCUT2D eigenvalue weighted by atomic mass is 10.0. The molecule has 0 unspecified atom stereocenters. The minimum Gasteiger partial charge on any atom is -0.497 e. The molecule has 4 rings (SSSR count). The van der Waals surface area contributed by atoms with Crippen LogP contribution in [0.3, 0.4) is 0 Å². The quantitative estimate of drug-likeness (QED) is 0.761. The Kier molecular flexibility index (Phi) is 4.72. The molecule has 0 bridgehead atoms. The van der Waals surface area contributed by atoms with E-state index in [-0.39, 0.29) is 24.3 Å². The van der Waals surface area contributed by atoms with E-state index < -0.39 is 12.1 Å². The summed E-state index contributed by atoms with van der Waals surface area (Å²) in [5.41, 5.74) is 1.30. The van der Waals surface area contributed by atoms with E-state index >= 15 is 0 Å². The highest BCUT2D eigenvalue weighted by molar-refractivity contribution is 5.99. The van der Waals surface area contributed by atoms with E-state index in [9.17, 15) is 14.4 Å². The summed E-state index contributed by atoms with van der Waals surface area (Å²) >= 11 is 0. The molecule has 2 saturated heterocycles. The fourth-order valence-corrected chi connectivity index (χ4v) is 3.66. The van der Waals surface area contributed by atoms with Gasteiger partial charge in [0.05, 0.1) is 20.0 Å². The normalized spacial score (nSPS) is 21.9. The summed E-state index contributed by atoms with van der Waals surface area (Å²) < 4.78 is 5.11. The van der Waals surface area contributed by atoms with E-state index in [1.54, 1.807) is 47.4 Å². The van der Waals surface area contributed by atoms with Gasteiger partial charge in [-0.25, -0.2) is 4.98 Å². The topological polar surface area (TPSA) is 108 Å². The van der Waals surface area contributed by atoms with Crippen LogP contribution in [0.25, 0.3) is 0 Å². The number of benzene rings is 1. The number of imidazole rings is 1. The molecule has 2 aliphatic heterocycles. The van der Waals surface area contributed by atoms with E-state index in [4.69, 9.17) is 4.74 Å². The first-order valence-electron chi connectivity index (χ1n) is 9.08. The van der Waals surface area contributed by atoms with Crippen LogP contribution in [0.15, 0.2) is 36.8 Å². The van der Waals surface area contributed by atoms with Crippen LogP contribution in [0.2, 0.25) is 0 Å². The summed E-state index contributed by atoms with van der Waals surface area (Å²) in [6.07, 6.45) is 3.54. The van der Waals surface area contributed by atoms with Crippen LogP contribution >= 0.6 is 0 Å². The van der Waals surface area contributed by atoms with Gasteiger partial charge in [-0.2, -0.15) is 0 Å². The Morgan fingerprint density at radius 1 is 1.25 bits per heavy atom. The van der Waals surface area contributed by atoms with Crippen LogP contribution in [0.4, 0.5) is 0 Å². The summed E-state index contributed by atoms with van der Waals surface area (Å²) in [7, 11) is 1.56. The summed E-state index contributed by atoms with van der Waals surface area (Å²) in [6.45, 7) is 0.897. The first-order chi connectivity index (χ1) is 13.6. The van der Waals surface area contributed by atoms with Crippen molar-refractivity contribution >= 4 is 17.7 Å². The number of nitrogens with zero attached hydrogens (tertiary/aromatic N) is 3. The van der Waals surface area contributed by atoms with Gasteiger partial charge in [0.2, 0.25) is 11.8 Å². The van der Waals surface area contributed by atoms with E-state index in [0.717, 1.165) is 5.69 Å². The molecule has 2 atom stereocenters. The number of H-pyrrole nitrogens is 1. The van der Waals surface area contributed by atoms with Crippen LogP contribution in [0.5, 0.6) is 5.75 Å². The smallest absolute Gasteiger partial charge is 0.254 e. The second-order valence-corrected chi connectivity index (χ2v) is 6.87. The minimum absolute atomic E-state index is 0.129. The number of aromatic nitrogens is 2. The van der Waals surface area contributed by atoms with Gasteiger partial charge in [0.15, 0.2) is 0 Å². The third-order valence-electron chi connectivity index (χ3n) is 5.18. The number of amides is 3. The zero-order valence-electron chi connectivity index (χ0n) is 15.4. The second-order valence-electron chi connectivity index (χ2n) is 6.87. The maximum absolute atomic E-state index is 12.8. The van der Waals surface area contributed by atoms with Crippen LogP contribution < -0.4 is 10.1 Å². The van der Waals surface area contributed by atoms with Gasteiger partial charge in [-0.1, -0.05) is 0 Å². The summed E-state index contributed by atoms with van der Waals surface area (Å²) in [5, 5.41) is 2.79. The van der Waals surface area contributed by atoms with Gasteiger partial charge in [-0.15, -0.1) is 0 Å². The fraction of sp³-hybridized carbons (Fsp3) is 0.368. The van der Waals surface area contributed by atoms with Crippen molar-refractivity contribution in [3.63, 3.8) is 0 Å². The van der Waals surface area contributed by atoms with Gasteiger partial charge >= 0.3 is 0 Å². The Morgan fingerprint density at radius 2 is 2.04 bits per heavy atom. The molecule has 2 fully saturated rings. The Hall–Kier alpha value is -3.36. The Labute approximate surface area is 161 Å².